The molecule has 0 radical (unpaired) electrons. The van der Waals surface area contributed by atoms with Crippen molar-refractivity contribution in [1.29, 1.82) is 0 Å². The molecule has 1 aromatic heterocycles. The molecule has 110 valence electrons. The van der Waals surface area contributed by atoms with Crippen LogP contribution in [0, 0.1) is 0 Å². The summed E-state index contributed by atoms with van der Waals surface area (Å²) in [5, 5.41) is 4.58. The highest BCUT2D eigenvalue weighted by Gasteiger charge is 2.32. The molecule has 1 saturated carbocycles. The minimum Gasteiger partial charge on any atom is -0.368 e. The van der Waals surface area contributed by atoms with Gasteiger partial charge in [0.2, 0.25) is 5.91 Å². The normalized spacial score (nSPS) is 15.2. The Morgan fingerprint density at radius 2 is 2.05 bits per heavy atom. The van der Waals surface area contributed by atoms with Gasteiger partial charge in [0.25, 0.3) is 5.91 Å². The molecule has 1 aliphatic rings. The van der Waals surface area contributed by atoms with Gasteiger partial charge < -0.3 is 10.6 Å². The van der Waals surface area contributed by atoms with E-state index in [0.717, 1.165) is 18.5 Å². The number of nitrogens with zero attached hydrogens (tertiary/aromatic N) is 3. The first-order chi connectivity index (χ1) is 9.20. The van der Waals surface area contributed by atoms with Crippen molar-refractivity contribution < 1.29 is 9.59 Å². The van der Waals surface area contributed by atoms with Crippen LogP contribution in [0.3, 0.4) is 0 Å². The summed E-state index contributed by atoms with van der Waals surface area (Å²) in [6.07, 6.45) is 2.26. The maximum Gasteiger partial charge on any atom is 0.272 e. The average molecular weight is 278 g/mol. The number of carbonyl (C=O) groups excluding carboxylic acids is 2. The zero-order valence-corrected chi connectivity index (χ0v) is 12.5. The van der Waals surface area contributed by atoms with Crippen LogP contribution in [0.5, 0.6) is 0 Å². The van der Waals surface area contributed by atoms with Gasteiger partial charge in [0.05, 0.1) is 17.8 Å². The third-order valence-electron chi connectivity index (χ3n) is 3.32. The number of hydrogen-bond donors (Lipinski definition) is 1. The third kappa shape index (κ3) is 3.00. The van der Waals surface area contributed by atoms with Crippen LogP contribution in [0.15, 0.2) is 6.07 Å². The Kier molecular flexibility index (Phi) is 3.58. The van der Waals surface area contributed by atoms with E-state index in [1.807, 2.05) is 26.8 Å². The molecule has 0 aliphatic heterocycles. The summed E-state index contributed by atoms with van der Waals surface area (Å²) >= 11 is 0. The van der Waals surface area contributed by atoms with Gasteiger partial charge >= 0.3 is 0 Å². The highest BCUT2D eigenvalue weighted by Crippen LogP contribution is 2.40. The molecule has 0 aromatic carbocycles. The van der Waals surface area contributed by atoms with Crippen LogP contribution in [0.2, 0.25) is 0 Å². The SMILES string of the molecule is CN(CC(N)=O)C(=O)c1cc(C2CC2)nn1C(C)(C)C. The molecule has 0 atom stereocenters. The molecule has 2 amide bonds. The fourth-order valence-corrected chi connectivity index (χ4v) is 2.14. The molecule has 0 unspecified atom stereocenters. The van der Waals surface area contributed by atoms with E-state index < -0.39 is 5.91 Å². The fraction of sp³-hybridized carbons (Fsp3) is 0.643. The maximum absolute atomic E-state index is 12.5. The summed E-state index contributed by atoms with van der Waals surface area (Å²) in [5.74, 6) is -0.269. The number of hydrogen-bond acceptors (Lipinski definition) is 3. The standard InChI is InChI=1S/C14H22N4O2/c1-14(2,3)18-11(7-10(16-18)9-5-6-9)13(20)17(4)8-12(15)19/h7,9H,5-6,8H2,1-4H3,(H2,15,19). The van der Waals surface area contributed by atoms with Crippen molar-refractivity contribution in [1.82, 2.24) is 14.7 Å². The second kappa shape index (κ2) is 4.92. The van der Waals surface area contributed by atoms with Crippen molar-refractivity contribution in [2.24, 2.45) is 5.73 Å². The molecule has 6 nitrogen and oxygen atoms in total. The zero-order chi connectivity index (χ0) is 15.1. The van der Waals surface area contributed by atoms with E-state index in [2.05, 4.69) is 5.10 Å². The topological polar surface area (TPSA) is 81.2 Å². The molecule has 1 fully saturated rings. The van der Waals surface area contributed by atoms with Crippen LogP contribution >= 0.6 is 0 Å². The Labute approximate surface area is 118 Å². The highest BCUT2D eigenvalue weighted by molar-refractivity contribution is 5.95. The third-order valence-corrected chi connectivity index (χ3v) is 3.32. The van der Waals surface area contributed by atoms with Gasteiger partial charge in [0.1, 0.15) is 5.69 Å². The van der Waals surface area contributed by atoms with E-state index in [4.69, 9.17) is 5.73 Å². The molecule has 1 aliphatic carbocycles. The second-order valence-electron chi connectivity index (χ2n) is 6.44. The lowest BCUT2D eigenvalue weighted by Gasteiger charge is -2.24. The van der Waals surface area contributed by atoms with Crippen molar-refractivity contribution in [2.75, 3.05) is 13.6 Å². The molecule has 20 heavy (non-hydrogen) atoms. The molecule has 0 spiro atoms. The summed E-state index contributed by atoms with van der Waals surface area (Å²) < 4.78 is 1.75. The Balaban J connectivity index is 2.33. The van der Waals surface area contributed by atoms with Crippen molar-refractivity contribution >= 4 is 11.8 Å². The number of amides is 2. The summed E-state index contributed by atoms with van der Waals surface area (Å²) in [4.78, 5) is 24.7. The van der Waals surface area contributed by atoms with E-state index >= 15 is 0 Å². The summed E-state index contributed by atoms with van der Waals surface area (Å²) in [6.45, 7) is 5.91. The maximum atomic E-state index is 12.5. The van der Waals surface area contributed by atoms with E-state index in [9.17, 15) is 9.59 Å². The van der Waals surface area contributed by atoms with Gasteiger partial charge in [-0.05, 0) is 39.7 Å². The number of rotatable bonds is 4. The Morgan fingerprint density at radius 1 is 1.45 bits per heavy atom. The summed E-state index contributed by atoms with van der Waals surface area (Å²) in [6, 6.07) is 1.85. The van der Waals surface area contributed by atoms with E-state index in [1.165, 1.54) is 4.90 Å². The largest absolute Gasteiger partial charge is 0.368 e. The van der Waals surface area contributed by atoms with Crippen LogP contribution in [-0.2, 0) is 10.3 Å². The molecule has 6 heteroatoms. The minimum atomic E-state index is -0.523. The first kappa shape index (κ1) is 14.6. The zero-order valence-electron chi connectivity index (χ0n) is 12.5. The van der Waals surface area contributed by atoms with Crippen LogP contribution in [-0.4, -0.2) is 40.1 Å². The molecule has 0 saturated heterocycles. The van der Waals surface area contributed by atoms with Gasteiger partial charge in [-0.3, -0.25) is 14.3 Å². The van der Waals surface area contributed by atoms with Gasteiger partial charge in [-0.15, -0.1) is 0 Å². The van der Waals surface area contributed by atoms with Crippen molar-refractivity contribution in [3.63, 3.8) is 0 Å². The highest BCUT2D eigenvalue weighted by atomic mass is 16.2. The lowest BCUT2D eigenvalue weighted by Crippen LogP contribution is -2.38. The van der Waals surface area contributed by atoms with Gasteiger partial charge in [-0.2, -0.15) is 5.10 Å². The Bertz CT molecular complexity index is 538. The van der Waals surface area contributed by atoms with Crippen molar-refractivity contribution in [3.05, 3.63) is 17.5 Å². The molecular weight excluding hydrogens is 256 g/mol. The first-order valence-corrected chi connectivity index (χ1v) is 6.84. The van der Waals surface area contributed by atoms with E-state index in [1.54, 1.807) is 11.7 Å². The number of aromatic nitrogens is 2. The van der Waals surface area contributed by atoms with Crippen LogP contribution in [0.25, 0.3) is 0 Å². The Morgan fingerprint density at radius 3 is 2.50 bits per heavy atom. The van der Waals surface area contributed by atoms with Gasteiger partial charge in [-0.1, -0.05) is 0 Å². The van der Waals surface area contributed by atoms with Gasteiger partial charge in [0, 0.05) is 13.0 Å². The number of nitrogens with two attached hydrogens (primary N) is 1. The first-order valence-electron chi connectivity index (χ1n) is 6.84. The lowest BCUT2D eigenvalue weighted by molar-refractivity contribution is -0.118. The van der Waals surface area contributed by atoms with Crippen LogP contribution in [0.1, 0.15) is 55.7 Å². The predicted molar refractivity (Wildman–Crippen MR) is 75.4 cm³/mol. The van der Waals surface area contributed by atoms with Crippen LogP contribution in [0.4, 0.5) is 0 Å². The van der Waals surface area contributed by atoms with Crippen molar-refractivity contribution in [2.45, 2.75) is 45.1 Å². The monoisotopic (exact) mass is 278 g/mol. The molecule has 2 N–H and O–H groups in total. The lowest BCUT2D eigenvalue weighted by atomic mass is 10.1. The smallest absolute Gasteiger partial charge is 0.272 e. The molecule has 1 heterocycles. The van der Waals surface area contributed by atoms with E-state index in [0.29, 0.717) is 11.6 Å². The number of likely N-dealkylation sites (N-methyl/N-ethyl adjacent to an activating group) is 1. The molecule has 1 aromatic rings. The predicted octanol–water partition coefficient (Wildman–Crippen LogP) is 1.07. The minimum absolute atomic E-state index is 0.0904. The molecular formula is C14H22N4O2. The number of carbonyl (C=O) groups is 2. The Hall–Kier alpha value is -1.85. The van der Waals surface area contributed by atoms with Crippen molar-refractivity contribution in [3.8, 4) is 0 Å². The van der Waals surface area contributed by atoms with Gasteiger partial charge in [0.15, 0.2) is 0 Å². The average Bonchev–Trinajstić information content (AvgIpc) is 3.05. The number of primary amides is 1. The van der Waals surface area contributed by atoms with Gasteiger partial charge in [-0.25, -0.2) is 0 Å². The second-order valence-corrected chi connectivity index (χ2v) is 6.44. The fourth-order valence-electron chi connectivity index (χ4n) is 2.14. The molecule has 0 bridgehead atoms. The summed E-state index contributed by atoms with van der Waals surface area (Å²) in [5.41, 5.74) is 6.34. The quantitative estimate of drug-likeness (QED) is 0.894. The van der Waals surface area contributed by atoms with Crippen LogP contribution < -0.4 is 5.73 Å². The van der Waals surface area contributed by atoms with E-state index in [-0.39, 0.29) is 18.0 Å². The summed E-state index contributed by atoms with van der Waals surface area (Å²) in [7, 11) is 1.57. The molecule has 2 rings (SSSR count).